The van der Waals surface area contributed by atoms with Crippen LogP contribution < -0.4 is 4.74 Å². The van der Waals surface area contributed by atoms with Gasteiger partial charge < -0.3 is 9.64 Å². The summed E-state index contributed by atoms with van der Waals surface area (Å²) in [7, 11) is -2.24. The predicted molar refractivity (Wildman–Crippen MR) is 146 cm³/mol. The van der Waals surface area contributed by atoms with E-state index in [0.29, 0.717) is 40.5 Å². The Morgan fingerprint density at radius 2 is 1.82 bits per heavy atom. The van der Waals surface area contributed by atoms with Crippen LogP contribution in [0.25, 0.3) is 10.9 Å². The zero-order valence-electron chi connectivity index (χ0n) is 20.9. The van der Waals surface area contributed by atoms with Crippen molar-refractivity contribution < 1.29 is 17.9 Å². The van der Waals surface area contributed by atoms with Crippen molar-refractivity contribution in [3.05, 3.63) is 94.9 Å². The van der Waals surface area contributed by atoms with Gasteiger partial charge in [-0.25, -0.2) is 8.42 Å². The number of carbonyl (C=O) groups excluding carboxylic acids is 1. The number of nitrogens with zero attached hydrogens (tertiary/aromatic N) is 4. The second kappa shape index (κ2) is 11.1. The Kier molecular flexibility index (Phi) is 7.60. The lowest BCUT2D eigenvalue weighted by atomic mass is 10.1. The summed E-state index contributed by atoms with van der Waals surface area (Å²) < 4.78 is 32.2. The lowest BCUT2D eigenvalue weighted by molar-refractivity contribution is 0.0628. The number of benzene rings is 2. The van der Waals surface area contributed by atoms with Gasteiger partial charge >= 0.3 is 0 Å². The average molecular weight is 551 g/mol. The number of sulfone groups is 1. The van der Waals surface area contributed by atoms with Gasteiger partial charge in [0.15, 0.2) is 9.84 Å². The lowest BCUT2D eigenvalue weighted by Crippen LogP contribution is -2.48. The Morgan fingerprint density at radius 3 is 2.58 bits per heavy atom. The van der Waals surface area contributed by atoms with Gasteiger partial charge in [-0.15, -0.1) is 0 Å². The standard InChI is InChI=1S/C28H27ClN4O4S/c1-37-25-15-22(28(34)33-12-10-32(11-13-33)18-20-14-24(29)17-30-16-20)7-8-23(25)19-38(35,36)26-6-2-4-21-5-3-9-31-27(21)26/h2-9,14-17H,10-13,18-19H2,1H3. The molecule has 10 heteroatoms. The van der Waals surface area contributed by atoms with Gasteiger partial charge in [0, 0.05) is 67.8 Å². The average Bonchev–Trinajstić information content (AvgIpc) is 2.93. The zero-order valence-corrected chi connectivity index (χ0v) is 22.5. The number of methoxy groups -OCH3 is 1. The molecule has 2 aromatic heterocycles. The first-order chi connectivity index (χ1) is 18.3. The minimum absolute atomic E-state index is 0.111. The summed E-state index contributed by atoms with van der Waals surface area (Å²) in [6, 6.07) is 15.6. The summed E-state index contributed by atoms with van der Waals surface area (Å²) in [4.78, 5) is 25.9. The van der Waals surface area contributed by atoms with Crippen LogP contribution in [0.2, 0.25) is 5.02 Å². The molecule has 5 rings (SSSR count). The number of hydrogen-bond donors (Lipinski definition) is 0. The molecule has 38 heavy (non-hydrogen) atoms. The SMILES string of the molecule is COc1cc(C(=O)N2CCN(Cc3cncc(Cl)c3)CC2)ccc1CS(=O)(=O)c1cccc2cccnc12. The molecule has 8 nitrogen and oxygen atoms in total. The van der Waals surface area contributed by atoms with Gasteiger partial charge in [-0.05, 0) is 35.9 Å². The molecular weight excluding hydrogens is 524 g/mol. The van der Waals surface area contributed by atoms with Crippen molar-refractivity contribution in [3.63, 3.8) is 0 Å². The third-order valence-corrected chi connectivity index (χ3v) is 8.53. The van der Waals surface area contributed by atoms with E-state index in [9.17, 15) is 13.2 Å². The van der Waals surface area contributed by atoms with E-state index < -0.39 is 9.84 Å². The van der Waals surface area contributed by atoms with Gasteiger partial charge in [0.1, 0.15) is 5.75 Å². The van der Waals surface area contributed by atoms with Crippen molar-refractivity contribution in [1.82, 2.24) is 19.8 Å². The molecule has 2 aromatic carbocycles. The molecule has 0 radical (unpaired) electrons. The molecule has 0 atom stereocenters. The summed E-state index contributed by atoms with van der Waals surface area (Å²) >= 11 is 6.04. The number of fused-ring (bicyclic) bond motifs is 1. The van der Waals surface area contributed by atoms with E-state index >= 15 is 0 Å². The van der Waals surface area contributed by atoms with Crippen LogP contribution in [0.3, 0.4) is 0 Å². The Morgan fingerprint density at radius 1 is 1.03 bits per heavy atom. The number of para-hydroxylation sites is 1. The van der Waals surface area contributed by atoms with Crippen LogP contribution >= 0.6 is 11.6 Å². The summed E-state index contributed by atoms with van der Waals surface area (Å²) in [5.74, 6) is -0.0167. The van der Waals surface area contributed by atoms with Gasteiger partial charge in [-0.3, -0.25) is 19.7 Å². The van der Waals surface area contributed by atoms with Crippen molar-refractivity contribution in [2.75, 3.05) is 33.3 Å². The molecule has 3 heterocycles. The number of hydrogen-bond acceptors (Lipinski definition) is 7. The van der Waals surface area contributed by atoms with Crippen LogP contribution in [-0.2, 0) is 22.1 Å². The molecule has 4 aromatic rings. The Labute approximate surface area is 226 Å². The maximum Gasteiger partial charge on any atom is 0.254 e. The van der Waals surface area contributed by atoms with Crippen LogP contribution in [0.1, 0.15) is 21.5 Å². The predicted octanol–water partition coefficient (Wildman–Crippen LogP) is 4.22. The quantitative estimate of drug-likeness (QED) is 0.340. The fraction of sp³-hybridized carbons (Fsp3) is 0.250. The van der Waals surface area contributed by atoms with E-state index in [-0.39, 0.29) is 16.6 Å². The first-order valence-electron chi connectivity index (χ1n) is 12.2. The molecule has 1 aliphatic heterocycles. The zero-order chi connectivity index (χ0) is 26.7. The van der Waals surface area contributed by atoms with Gasteiger partial charge in [0.05, 0.1) is 28.3 Å². The molecule has 0 saturated carbocycles. The number of carbonyl (C=O) groups is 1. The molecule has 0 aliphatic carbocycles. The summed E-state index contributed by atoms with van der Waals surface area (Å²) in [5.41, 5.74) is 2.41. The van der Waals surface area contributed by atoms with Gasteiger partial charge in [-0.1, -0.05) is 35.9 Å². The fourth-order valence-electron chi connectivity index (χ4n) is 4.70. The van der Waals surface area contributed by atoms with E-state index in [0.717, 1.165) is 30.6 Å². The van der Waals surface area contributed by atoms with Crippen LogP contribution in [0, 0.1) is 0 Å². The molecule has 0 unspecified atom stereocenters. The molecule has 1 saturated heterocycles. The molecule has 196 valence electrons. The summed E-state index contributed by atoms with van der Waals surface area (Å²) in [6.45, 7) is 3.34. The second-order valence-corrected chi connectivity index (χ2v) is 11.6. The van der Waals surface area contributed by atoms with Crippen molar-refractivity contribution in [1.29, 1.82) is 0 Å². The molecule has 1 fully saturated rings. The third kappa shape index (κ3) is 5.65. The third-order valence-electron chi connectivity index (χ3n) is 6.64. The van der Waals surface area contributed by atoms with Crippen LogP contribution in [0.15, 0.2) is 78.1 Å². The molecule has 1 amide bonds. The Bertz CT molecular complexity index is 1580. The number of pyridine rings is 2. The number of aromatic nitrogens is 2. The largest absolute Gasteiger partial charge is 0.496 e. The lowest BCUT2D eigenvalue weighted by Gasteiger charge is -2.34. The highest BCUT2D eigenvalue weighted by Gasteiger charge is 2.25. The first-order valence-corrected chi connectivity index (χ1v) is 14.2. The summed E-state index contributed by atoms with van der Waals surface area (Å²) in [6.07, 6.45) is 4.99. The van der Waals surface area contributed by atoms with E-state index in [2.05, 4.69) is 14.9 Å². The van der Waals surface area contributed by atoms with Crippen molar-refractivity contribution in [3.8, 4) is 5.75 Å². The van der Waals surface area contributed by atoms with Gasteiger partial charge in [0.2, 0.25) is 0 Å². The van der Waals surface area contributed by atoms with Crippen LogP contribution in [0.4, 0.5) is 0 Å². The van der Waals surface area contributed by atoms with Crippen molar-refractivity contribution in [2.24, 2.45) is 0 Å². The molecule has 0 bridgehead atoms. The normalized spacial score (nSPS) is 14.5. The van der Waals surface area contributed by atoms with Gasteiger partial charge in [0.25, 0.3) is 5.91 Å². The minimum Gasteiger partial charge on any atom is -0.496 e. The fourth-order valence-corrected chi connectivity index (χ4v) is 6.45. The maximum atomic E-state index is 13.3. The van der Waals surface area contributed by atoms with Gasteiger partial charge in [-0.2, -0.15) is 0 Å². The van der Waals surface area contributed by atoms with E-state index in [1.807, 2.05) is 18.2 Å². The number of amides is 1. The van der Waals surface area contributed by atoms with E-state index in [1.54, 1.807) is 59.9 Å². The highest BCUT2D eigenvalue weighted by molar-refractivity contribution is 7.90. The van der Waals surface area contributed by atoms with Crippen LogP contribution in [0.5, 0.6) is 5.75 Å². The van der Waals surface area contributed by atoms with Crippen molar-refractivity contribution in [2.45, 2.75) is 17.2 Å². The molecule has 1 aliphatic rings. The minimum atomic E-state index is -3.72. The second-order valence-electron chi connectivity index (χ2n) is 9.20. The first kappa shape index (κ1) is 26.1. The number of halogens is 1. The van der Waals surface area contributed by atoms with Crippen molar-refractivity contribution >= 4 is 38.2 Å². The molecule has 0 N–H and O–H groups in total. The van der Waals surface area contributed by atoms with Crippen LogP contribution in [-0.4, -0.2) is 67.4 Å². The monoisotopic (exact) mass is 550 g/mol. The topological polar surface area (TPSA) is 92.7 Å². The molecule has 0 spiro atoms. The number of ether oxygens (including phenoxy) is 1. The summed E-state index contributed by atoms with van der Waals surface area (Å²) in [5, 5.41) is 1.36. The number of rotatable bonds is 7. The maximum absolute atomic E-state index is 13.3. The highest BCUT2D eigenvalue weighted by atomic mass is 35.5. The highest BCUT2D eigenvalue weighted by Crippen LogP contribution is 2.29. The molecular formula is C28H27ClN4O4S. The Balaban J connectivity index is 1.28. The smallest absolute Gasteiger partial charge is 0.254 e. The number of piperazine rings is 1. The van der Waals surface area contributed by atoms with E-state index in [4.69, 9.17) is 16.3 Å². The van der Waals surface area contributed by atoms with E-state index in [1.165, 1.54) is 7.11 Å². The Hall–Kier alpha value is -3.53.